The van der Waals surface area contributed by atoms with Crippen LogP contribution >= 0.6 is 0 Å². The van der Waals surface area contributed by atoms with Gasteiger partial charge in [-0.2, -0.15) is 0 Å². The third kappa shape index (κ3) is 3.26. The molecule has 4 saturated carbocycles. The van der Waals surface area contributed by atoms with Crippen molar-refractivity contribution in [2.75, 3.05) is 6.54 Å². The van der Waals surface area contributed by atoms with Crippen LogP contribution in [0.1, 0.15) is 113 Å². The minimum Gasteiger partial charge on any atom is -0.393 e. The Kier molecular flexibility index (Phi) is 6.13. The van der Waals surface area contributed by atoms with E-state index in [1.54, 1.807) is 0 Å². The second-order valence-electron chi connectivity index (χ2n) is 15.3. The Morgan fingerprint density at radius 3 is 2.25 bits per heavy atom. The third-order valence-electron chi connectivity index (χ3n) is 13.7. The Hall–Kier alpha value is -0.940. The molecule has 9 atom stereocenters. The van der Waals surface area contributed by atoms with E-state index >= 15 is 0 Å². The lowest BCUT2D eigenvalue weighted by molar-refractivity contribution is -0.494. The summed E-state index contributed by atoms with van der Waals surface area (Å²) in [4.78, 5) is 11.2. The van der Waals surface area contributed by atoms with Crippen LogP contribution in [0.4, 0.5) is 0 Å². The van der Waals surface area contributed by atoms with Gasteiger partial charge in [-0.25, -0.2) is 0 Å². The average Bonchev–Trinajstić information content (AvgIpc) is 3.18. The number of aliphatic hydroxyl groups is 2. The van der Waals surface area contributed by atoms with Gasteiger partial charge in [-0.05, 0) is 110 Å². The predicted octanol–water partition coefficient (Wildman–Crippen LogP) is 6.79. The maximum atomic E-state index is 11.5. The number of hydrogen-bond donors (Lipinski definition) is 2. The Bertz CT molecular complexity index is 956. The molecule has 36 heavy (non-hydrogen) atoms. The summed E-state index contributed by atoms with van der Waals surface area (Å²) in [6.07, 6.45) is 9.47. The van der Waals surface area contributed by atoms with Crippen molar-refractivity contribution in [2.45, 2.75) is 125 Å². The SMILES string of the molecule is CC(C)C1=C2[C@H]3CC[C@@H]4[C@@]5(C)CC[C@H](O)C(C)(C)[C@@H]5CC[C@@]4(C)[C@]3(C)CCC2(C(O)C[N+](=O)[O-])CC1. The summed E-state index contributed by atoms with van der Waals surface area (Å²) in [7, 11) is 0. The first-order valence-electron chi connectivity index (χ1n) is 14.9. The molecule has 204 valence electrons. The highest BCUT2D eigenvalue weighted by atomic mass is 16.6. The average molecular weight is 502 g/mol. The highest BCUT2D eigenvalue weighted by Crippen LogP contribution is 2.77. The monoisotopic (exact) mass is 501 g/mol. The van der Waals surface area contributed by atoms with Crippen LogP contribution in [0, 0.1) is 60.9 Å². The van der Waals surface area contributed by atoms with Gasteiger partial charge in [0.25, 0.3) is 0 Å². The molecular weight excluding hydrogens is 450 g/mol. The van der Waals surface area contributed by atoms with E-state index in [0.717, 1.165) is 44.9 Å². The fraction of sp³-hybridized carbons (Fsp3) is 0.935. The lowest BCUT2D eigenvalue weighted by Gasteiger charge is -2.72. The molecule has 5 nitrogen and oxygen atoms in total. The van der Waals surface area contributed by atoms with Crippen molar-refractivity contribution in [1.82, 2.24) is 0 Å². The Labute approximate surface area is 218 Å². The first-order valence-corrected chi connectivity index (χ1v) is 14.9. The molecule has 5 aliphatic rings. The van der Waals surface area contributed by atoms with E-state index in [4.69, 9.17) is 0 Å². The van der Waals surface area contributed by atoms with E-state index in [2.05, 4.69) is 48.5 Å². The quantitative estimate of drug-likeness (QED) is 0.252. The van der Waals surface area contributed by atoms with E-state index in [9.17, 15) is 20.3 Å². The largest absolute Gasteiger partial charge is 0.393 e. The molecule has 4 fully saturated rings. The zero-order valence-corrected chi connectivity index (χ0v) is 23.9. The van der Waals surface area contributed by atoms with Crippen LogP contribution in [0.15, 0.2) is 11.1 Å². The van der Waals surface area contributed by atoms with Crippen molar-refractivity contribution in [3.05, 3.63) is 21.3 Å². The second kappa shape index (κ2) is 8.28. The van der Waals surface area contributed by atoms with Crippen molar-refractivity contribution < 1.29 is 15.1 Å². The maximum absolute atomic E-state index is 11.5. The van der Waals surface area contributed by atoms with Gasteiger partial charge in [0, 0.05) is 10.3 Å². The molecule has 0 radical (unpaired) electrons. The lowest BCUT2D eigenvalue weighted by Crippen LogP contribution is -2.66. The van der Waals surface area contributed by atoms with Gasteiger partial charge in [-0.3, -0.25) is 10.1 Å². The molecule has 0 aromatic carbocycles. The van der Waals surface area contributed by atoms with Gasteiger partial charge in [0.05, 0.1) is 6.10 Å². The Morgan fingerprint density at radius 2 is 1.61 bits per heavy atom. The fourth-order valence-corrected chi connectivity index (χ4v) is 11.5. The van der Waals surface area contributed by atoms with Gasteiger partial charge in [-0.15, -0.1) is 0 Å². The lowest BCUT2D eigenvalue weighted by atomic mass is 9.33. The number of hydrogen-bond acceptors (Lipinski definition) is 4. The number of aliphatic hydroxyl groups excluding tert-OH is 2. The van der Waals surface area contributed by atoms with Gasteiger partial charge >= 0.3 is 0 Å². The first kappa shape index (κ1) is 26.7. The van der Waals surface area contributed by atoms with E-state index in [1.165, 1.54) is 30.4 Å². The molecule has 2 N–H and O–H groups in total. The van der Waals surface area contributed by atoms with Gasteiger partial charge in [0.15, 0.2) is 0 Å². The van der Waals surface area contributed by atoms with Gasteiger partial charge in [0.1, 0.15) is 6.10 Å². The summed E-state index contributed by atoms with van der Waals surface area (Å²) >= 11 is 0. The van der Waals surface area contributed by atoms with E-state index in [1.807, 2.05) is 0 Å². The van der Waals surface area contributed by atoms with Crippen molar-refractivity contribution in [1.29, 1.82) is 0 Å². The topological polar surface area (TPSA) is 83.6 Å². The van der Waals surface area contributed by atoms with Crippen LogP contribution < -0.4 is 0 Å². The van der Waals surface area contributed by atoms with Gasteiger partial charge < -0.3 is 10.2 Å². The van der Waals surface area contributed by atoms with Crippen LogP contribution in [0.2, 0.25) is 0 Å². The van der Waals surface area contributed by atoms with Crippen molar-refractivity contribution in [3.8, 4) is 0 Å². The zero-order valence-electron chi connectivity index (χ0n) is 23.9. The maximum Gasteiger partial charge on any atom is 0.230 e. The summed E-state index contributed by atoms with van der Waals surface area (Å²) in [6, 6.07) is 0. The number of allylic oxidation sites excluding steroid dienone is 1. The van der Waals surface area contributed by atoms with Gasteiger partial charge in [0.2, 0.25) is 6.54 Å². The van der Waals surface area contributed by atoms with Gasteiger partial charge in [-0.1, -0.05) is 59.6 Å². The molecule has 0 amide bonds. The number of nitro groups is 1. The number of nitrogens with zero attached hydrogens (tertiary/aromatic N) is 1. The fourth-order valence-electron chi connectivity index (χ4n) is 11.5. The second-order valence-corrected chi connectivity index (χ2v) is 15.3. The summed E-state index contributed by atoms with van der Waals surface area (Å²) in [6.45, 7) is 16.5. The molecular formula is C31H51NO4. The Morgan fingerprint density at radius 1 is 0.917 bits per heavy atom. The van der Waals surface area contributed by atoms with Crippen LogP contribution in [0.25, 0.3) is 0 Å². The Balaban J connectivity index is 1.57. The molecule has 0 aromatic heterocycles. The van der Waals surface area contributed by atoms with Crippen molar-refractivity contribution in [2.24, 2.45) is 50.7 Å². The first-order chi connectivity index (χ1) is 16.6. The third-order valence-corrected chi connectivity index (χ3v) is 13.7. The van der Waals surface area contributed by atoms with Crippen LogP contribution in [-0.2, 0) is 0 Å². The molecule has 0 heterocycles. The summed E-state index contributed by atoms with van der Waals surface area (Å²) < 4.78 is 0. The van der Waals surface area contributed by atoms with Crippen molar-refractivity contribution >= 4 is 0 Å². The number of fused-ring (bicyclic) bond motifs is 7. The standard InChI is InChI=1S/C31H51NO4/c1-19(2)20-10-15-31(25(34)18-32(35)36)17-16-29(6)21(26(20)31)8-9-23-28(5)13-12-24(33)27(3,4)22(28)11-14-30(23,29)7/h19,21-25,33-34H,8-18H2,1-7H3/t21-,22+,23-,24+,25?,28+,29-,30-,31?/m1/s1. The van der Waals surface area contributed by atoms with E-state index < -0.39 is 11.5 Å². The molecule has 0 spiro atoms. The summed E-state index contributed by atoms with van der Waals surface area (Å²) in [5.74, 6) is 2.02. The van der Waals surface area contributed by atoms with Crippen LogP contribution in [0.3, 0.4) is 0 Å². The van der Waals surface area contributed by atoms with Crippen molar-refractivity contribution in [3.63, 3.8) is 0 Å². The smallest absolute Gasteiger partial charge is 0.230 e. The molecule has 5 heteroatoms. The highest BCUT2D eigenvalue weighted by Gasteiger charge is 2.70. The minimum absolute atomic E-state index is 0.0424. The molecule has 0 aliphatic heterocycles. The number of rotatable bonds is 4. The summed E-state index contributed by atoms with van der Waals surface area (Å²) in [5, 5.41) is 33.8. The molecule has 2 unspecified atom stereocenters. The molecule has 0 aromatic rings. The van der Waals surface area contributed by atoms with Crippen LogP contribution in [0.5, 0.6) is 0 Å². The van der Waals surface area contributed by atoms with Crippen LogP contribution in [-0.4, -0.2) is 33.9 Å². The van der Waals surface area contributed by atoms with E-state index in [-0.39, 0.29) is 39.2 Å². The molecule has 0 saturated heterocycles. The van der Waals surface area contributed by atoms with E-state index in [0.29, 0.717) is 23.7 Å². The molecule has 5 aliphatic carbocycles. The molecule has 5 rings (SSSR count). The molecule has 0 bridgehead atoms. The highest BCUT2D eigenvalue weighted by molar-refractivity contribution is 5.38. The summed E-state index contributed by atoms with van der Waals surface area (Å²) in [5.41, 5.74) is 3.09. The minimum atomic E-state index is -0.886. The zero-order chi connectivity index (χ0) is 26.5. The predicted molar refractivity (Wildman–Crippen MR) is 143 cm³/mol. The normalized spacial score (nSPS) is 48.6.